The van der Waals surface area contributed by atoms with Crippen LogP contribution in [0.4, 0.5) is 4.39 Å². The monoisotopic (exact) mass is 233 g/mol. The SMILES string of the molecule is N[C@H](CO)c1cccc(Br)c1F. The average Bonchev–Trinajstić information content (AvgIpc) is 2.08. The van der Waals surface area contributed by atoms with Crippen LogP contribution in [0.3, 0.4) is 0 Å². The molecule has 3 N–H and O–H groups in total. The molecule has 0 bridgehead atoms. The maximum Gasteiger partial charge on any atom is 0.142 e. The minimum atomic E-state index is -0.650. The Labute approximate surface area is 78.3 Å². The summed E-state index contributed by atoms with van der Waals surface area (Å²) in [5, 5.41) is 8.70. The molecule has 0 unspecified atom stereocenters. The summed E-state index contributed by atoms with van der Waals surface area (Å²) < 4.78 is 13.6. The molecule has 0 aromatic heterocycles. The first-order valence-corrected chi connectivity index (χ1v) is 4.26. The Bertz CT molecular complexity index is 280. The fourth-order valence-electron chi connectivity index (χ4n) is 0.905. The van der Waals surface area contributed by atoms with Crippen LogP contribution in [-0.2, 0) is 0 Å². The Balaban J connectivity index is 3.07. The zero-order valence-corrected chi connectivity index (χ0v) is 7.88. The number of benzene rings is 1. The van der Waals surface area contributed by atoms with Crippen molar-refractivity contribution < 1.29 is 9.50 Å². The molecule has 1 rings (SSSR count). The number of halogens is 2. The molecule has 2 nitrogen and oxygen atoms in total. The largest absolute Gasteiger partial charge is 0.394 e. The van der Waals surface area contributed by atoms with Gasteiger partial charge in [0.15, 0.2) is 0 Å². The van der Waals surface area contributed by atoms with E-state index < -0.39 is 11.9 Å². The van der Waals surface area contributed by atoms with Gasteiger partial charge in [0.1, 0.15) is 5.82 Å². The van der Waals surface area contributed by atoms with Crippen LogP contribution >= 0.6 is 15.9 Å². The molecule has 1 aromatic rings. The van der Waals surface area contributed by atoms with Gasteiger partial charge in [-0.3, -0.25) is 0 Å². The molecule has 0 saturated heterocycles. The van der Waals surface area contributed by atoms with Crippen molar-refractivity contribution in [3.8, 4) is 0 Å². The normalized spacial score (nSPS) is 13.0. The second kappa shape index (κ2) is 3.98. The van der Waals surface area contributed by atoms with Crippen molar-refractivity contribution in [2.45, 2.75) is 6.04 Å². The Morgan fingerprint density at radius 3 is 2.83 bits per heavy atom. The van der Waals surface area contributed by atoms with Crippen molar-refractivity contribution in [1.29, 1.82) is 0 Å². The average molecular weight is 234 g/mol. The molecular formula is C8H9BrFNO. The summed E-state index contributed by atoms with van der Waals surface area (Å²) in [6, 6.07) is 4.17. The lowest BCUT2D eigenvalue weighted by atomic mass is 10.1. The van der Waals surface area contributed by atoms with Crippen molar-refractivity contribution in [3.63, 3.8) is 0 Å². The van der Waals surface area contributed by atoms with E-state index in [-0.39, 0.29) is 6.61 Å². The van der Waals surface area contributed by atoms with Gasteiger partial charge in [-0.25, -0.2) is 4.39 Å². The van der Waals surface area contributed by atoms with Crippen molar-refractivity contribution >= 4 is 15.9 Å². The fraction of sp³-hybridized carbons (Fsp3) is 0.250. The summed E-state index contributed by atoms with van der Waals surface area (Å²) in [5.74, 6) is -0.404. The second-order valence-electron chi connectivity index (χ2n) is 2.43. The first-order chi connectivity index (χ1) is 5.66. The molecule has 1 aromatic carbocycles. The van der Waals surface area contributed by atoms with Crippen LogP contribution in [0.25, 0.3) is 0 Å². The molecule has 0 aliphatic carbocycles. The second-order valence-corrected chi connectivity index (χ2v) is 3.29. The maximum absolute atomic E-state index is 13.2. The van der Waals surface area contributed by atoms with Crippen LogP contribution in [-0.4, -0.2) is 11.7 Å². The van der Waals surface area contributed by atoms with Gasteiger partial charge in [-0.1, -0.05) is 12.1 Å². The molecule has 12 heavy (non-hydrogen) atoms. The van der Waals surface area contributed by atoms with Crippen LogP contribution in [0.15, 0.2) is 22.7 Å². The summed E-state index contributed by atoms with van der Waals surface area (Å²) in [6.45, 7) is -0.257. The molecule has 0 saturated carbocycles. The first-order valence-electron chi connectivity index (χ1n) is 3.47. The van der Waals surface area contributed by atoms with E-state index in [0.29, 0.717) is 10.0 Å². The van der Waals surface area contributed by atoms with E-state index in [9.17, 15) is 4.39 Å². The number of hydrogen-bond donors (Lipinski definition) is 2. The van der Waals surface area contributed by atoms with E-state index in [0.717, 1.165) is 0 Å². The smallest absolute Gasteiger partial charge is 0.142 e. The molecule has 0 fully saturated rings. The van der Waals surface area contributed by atoms with Gasteiger partial charge in [-0.05, 0) is 22.0 Å². The van der Waals surface area contributed by atoms with Crippen molar-refractivity contribution in [2.75, 3.05) is 6.61 Å². The van der Waals surface area contributed by atoms with Crippen LogP contribution < -0.4 is 5.73 Å². The highest BCUT2D eigenvalue weighted by molar-refractivity contribution is 9.10. The third kappa shape index (κ3) is 1.83. The lowest BCUT2D eigenvalue weighted by molar-refractivity contribution is 0.265. The van der Waals surface area contributed by atoms with Crippen molar-refractivity contribution in [3.05, 3.63) is 34.1 Å². The number of aliphatic hydroxyl groups is 1. The van der Waals surface area contributed by atoms with Crippen LogP contribution in [0.5, 0.6) is 0 Å². The predicted molar refractivity (Wildman–Crippen MR) is 48.1 cm³/mol. The maximum atomic E-state index is 13.2. The van der Waals surface area contributed by atoms with E-state index in [2.05, 4.69) is 15.9 Å². The van der Waals surface area contributed by atoms with Crippen molar-refractivity contribution in [1.82, 2.24) is 0 Å². The highest BCUT2D eigenvalue weighted by atomic mass is 79.9. The van der Waals surface area contributed by atoms with E-state index in [1.807, 2.05) is 0 Å². The number of nitrogens with two attached hydrogens (primary N) is 1. The molecular weight excluding hydrogens is 225 g/mol. The van der Waals surface area contributed by atoms with E-state index in [1.165, 1.54) is 0 Å². The number of rotatable bonds is 2. The van der Waals surface area contributed by atoms with E-state index in [1.54, 1.807) is 18.2 Å². The number of hydrogen-bond acceptors (Lipinski definition) is 2. The van der Waals surface area contributed by atoms with Gasteiger partial charge in [-0.15, -0.1) is 0 Å². The standard InChI is InChI=1S/C8H9BrFNO/c9-6-3-1-2-5(8(6)10)7(11)4-12/h1-3,7,12H,4,11H2/t7-/m1/s1. The van der Waals surface area contributed by atoms with Crippen LogP contribution in [0, 0.1) is 5.82 Å². The first kappa shape index (κ1) is 9.64. The minimum absolute atomic E-state index is 0.257. The van der Waals surface area contributed by atoms with Crippen LogP contribution in [0.1, 0.15) is 11.6 Å². The molecule has 0 heterocycles. The molecule has 0 radical (unpaired) electrons. The highest BCUT2D eigenvalue weighted by Crippen LogP contribution is 2.22. The lowest BCUT2D eigenvalue weighted by Gasteiger charge is -2.09. The van der Waals surface area contributed by atoms with Gasteiger partial charge in [-0.2, -0.15) is 0 Å². The third-order valence-electron chi connectivity index (χ3n) is 1.58. The van der Waals surface area contributed by atoms with E-state index >= 15 is 0 Å². The predicted octanol–water partition coefficient (Wildman–Crippen LogP) is 1.58. The van der Waals surface area contributed by atoms with Gasteiger partial charge in [0.05, 0.1) is 17.1 Å². The lowest BCUT2D eigenvalue weighted by Crippen LogP contribution is -2.16. The fourth-order valence-corrected chi connectivity index (χ4v) is 1.29. The molecule has 0 amide bonds. The summed E-state index contributed by atoms with van der Waals surface area (Å²) in [6.07, 6.45) is 0. The Morgan fingerprint density at radius 2 is 2.25 bits per heavy atom. The van der Waals surface area contributed by atoms with E-state index in [4.69, 9.17) is 10.8 Å². The van der Waals surface area contributed by atoms with Gasteiger partial charge >= 0.3 is 0 Å². The molecule has 0 aliphatic rings. The Morgan fingerprint density at radius 1 is 1.58 bits per heavy atom. The minimum Gasteiger partial charge on any atom is -0.394 e. The van der Waals surface area contributed by atoms with Gasteiger partial charge in [0.25, 0.3) is 0 Å². The highest BCUT2D eigenvalue weighted by Gasteiger charge is 2.11. The van der Waals surface area contributed by atoms with Gasteiger partial charge in [0, 0.05) is 5.56 Å². The van der Waals surface area contributed by atoms with Crippen LogP contribution in [0.2, 0.25) is 0 Å². The van der Waals surface area contributed by atoms with Gasteiger partial charge < -0.3 is 10.8 Å². The van der Waals surface area contributed by atoms with Gasteiger partial charge in [0.2, 0.25) is 0 Å². The zero-order chi connectivity index (χ0) is 9.14. The molecule has 1 atom stereocenters. The summed E-state index contributed by atoms with van der Waals surface area (Å²) in [4.78, 5) is 0. The topological polar surface area (TPSA) is 46.2 Å². The quantitative estimate of drug-likeness (QED) is 0.815. The van der Waals surface area contributed by atoms with Crippen molar-refractivity contribution in [2.24, 2.45) is 5.73 Å². The molecule has 4 heteroatoms. The summed E-state index contributed by atoms with van der Waals surface area (Å²) >= 11 is 3.03. The molecule has 0 aliphatic heterocycles. The molecule has 66 valence electrons. The zero-order valence-electron chi connectivity index (χ0n) is 6.30. The Kier molecular flexibility index (Phi) is 3.20. The number of aliphatic hydroxyl groups excluding tert-OH is 1. The molecule has 0 spiro atoms. The third-order valence-corrected chi connectivity index (χ3v) is 2.19. The summed E-state index contributed by atoms with van der Waals surface area (Å²) in [7, 11) is 0. The summed E-state index contributed by atoms with van der Waals surface area (Å²) in [5.41, 5.74) is 5.78. The Hall–Kier alpha value is -0.450.